The van der Waals surface area contributed by atoms with Crippen molar-refractivity contribution < 1.29 is 0 Å². The van der Waals surface area contributed by atoms with Gasteiger partial charge in [-0.2, -0.15) is 0 Å². The average molecular weight is 789 g/mol. The van der Waals surface area contributed by atoms with Crippen molar-refractivity contribution in [1.29, 1.82) is 0 Å². The summed E-state index contributed by atoms with van der Waals surface area (Å²) in [6, 6.07) is 59.3. The molecule has 1 aliphatic carbocycles. The highest BCUT2D eigenvalue weighted by atomic mass is 32.1. The zero-order valence-corrected chi connectivity index (χ0v) is 34.7. The summed E-state index contributed by atoms with van der Waals surface area (Å²) in [6.07, 6.45) is 17.9. The molecule has 0 fully saturated rings. The van der Waals surface area contributed by atoms with Crippen LogP contribution in [0.3, 0.4) is 0 Å². The molecule has 0 spiro atoms. The lowest BCUT2D eigenvalue weighted by atomic mass is 9.92. The second-order valence-corrected chi connectivity index (χ2v) is 16.2. The van der Waals surface area contributed by atoms with Gasteiger partial charge in [-0.1, -0.05) is 159 Å². The Labute approximate surface area is 356 Å². The van der Waals surface area contributed by atoms with E-state index in [1.54, 1.807) is 0 Å². The number of thiophene rings is 1. The number of hydrogen-bond acceptors (Lipinski definition) is 2. The fourth-order valence-corrected chi connectivity index (χ4v) is 10.5. The second-order valence-electron chi connectivity index (χ2n) is 15.1. The molecule has 0 saturated heterocycles. The van der Waals surface area contributed by atoms with Crippen molar-refractivity contribution in [2.75, 3.05) is 4.90 Å². The fourth-order valence-electron chi connectivity index (χ4n) is 9.24. The summed E-state index contributed by atoms with van der Waals surface area (Å²) in [4.78, 5) is 3.78. The third kappa shape index (κ3) is 6.29. The van der Waals surface area contributed by atoms with Gasteiger partial charge in [-0.15, -0.1) is 17.8 Å². The average Bonchev–Trinajstić information content (AvgIpc) is 3.98. The van der Waals surface area contributed by atoms with Gasteiger partial charge in [-0.25, -0.2) is 0 Å². The summed E-state index contributed by atoms with van der Waals surface area (Å²) < 4.78 is 3.84. The normalized spacial score (nSPS) is 12.9. The molecule has 0 radical (unpaired) electrons. The predicted octanol–water partition coefficient (Wildman–Crippen LogP) is 16.0. The number of aromatic nitrogens is 1. The van der Waals surface area contributed by atoms with Crippen molar-refractivity contribution >= 4 is 76.5 Å². The number of fused-ring (bicyclic) bond motifs is 9. The molecule has 11 rings (SSSR count). The molecule has 0 saturated carbocycles. The molecular weight excluding hydrogens is 745 g/mol. The largest absolute Gasteiger partial charge is 0.310 e. The third-order valence-corrected chi connectivity index (χ3v) is 13.0. The predicted molar refractivity (Wildman–Crippen MR) is 261 cm³/mol. The fraction of sp³-hybridized carbons (Fsp3) is 0.0877. The first-order valence-corrected chi connectivity index (χ1v) is 21.8. The van der Waals surface area contributed by atoms with Crippen molar-refractivity contribution in [3.63, 3.8) is 0 Å². The summed E-state index contributed by atoms with van der Waals surface area (Å²) in [5.74, 6) is 2.87. The first-order valence-electron chi connectivity index (χ1n) is 21.0. The van der Waals surface area contributed by atoms with Gasteiger partial charge in [0, 0.05) is 59.5 Å². The highest BCUT2D eigenvalue weighted by Gasteiger charge is 2.21. The Hall–Kier alpha value is -7.12. The zero-order valence-electron chi connectivity index (χ0n) is 33.9. The molecule has 3 heteroatoms. The van der Waals surface area contributed by atoms with Crippen molar-refractivity contribution in [2.45, 2.75) is 33.1 Å². The molecule has 60 heavy (non-hydrogen) atoms. The molecular formula is C57H44N2S. The van der Waals surface area contributed by atoms with Gasteiger partial charge in [-0.05, 0) is 89.6 Å². The van der Waals surface area contributed by atoms with Gasteiger partial charge < -0.3 is 9.30 Å². The lowest BCUT2D eigenvalue weighted by Gasteiger charge is -2.26. The van der Waals surface area contributed by atoms with E-state index in [1.807, 2.05) is 31.3 Å². The van der Waals surface area contributed by atoms with Crippen LogP contribution in [-0.4, -0.2) is 4.40 Å². The topological polar surface area (TPSA) is 7.65 Å². The first-order chi connectivity index (χ1) is 29.7. The Balaban J connectivity index is 0.00000213. The molecule has 1 aliphatic rings. The summed E-state index contributed by atoms with van der Waals surface area (Å²) in [5, 5.41) is 6.51. The zero-order chi connectivity index (χ0) is 40.6. The number of benzene rings is 7. The van der Waals surface area contributed by atoms with E-state index in [-0.39, 0.29) is 0 Å². The van der Waals surface area contributed by atoms with E-state index in [2.05, 4.69) is 197 Å². The van der Waals surface area contributed by atoms with Crippen molar-refractivity contribution in [3.8, 4) is 34.6 Å². The van der Waals surface area contributed by atoms with Crippen molar-refractivity contribution in [3.05, 3.63) is 204 Å². The quantitative estimate of drug-likeness (QED) is 0.110. The Morgan fingerprint density at radius 2 is 1.23 bits per heavy atom. The number of aryl methyl sites for hydroxylation is 1. The molecule has 0 N–H and O–H groups in total. The number of allylic oxidation sites excluding steroid dienone is 5. The van der Waals surface area contributed by atoms with E-state index in [0.29, 0.717) is 0 Å². The summed E-state index contributed by atoms with van der Waals surface area (Å²) in [5.41, 5.74) is 14.3. The van der Waals surface area contributed by atoms with Crippen molar-refractivity contribution in [1.82, 2.24) is 4.40 Å². The van der Waals surface area contributed by atoms with Gasteiger partial charge in [0.2, 0.25) is 0 Å². The Kier molecular flexibility index (Phi) is 9.86. The van der Waals surface area contributed by atoms with Crippen LogP contribution in [0.15, 0.2) is 194 Å². The minimum absolute atomic E-state index is 0.832. The molecule has 0 atom stereocenters. The summed E-state index contributed by atoms with van der Waals surface area (Å²) in [7, 11) is 0. The molecule has 0 bridgehead atoms. The summed E-state index contributed by atoms with van der Waals surface area (Å²) in [6.45, 7) is 4.00. The van der Waals surface area contributed by atoms with Crippen LogP contribution in [0.2, 0.25) is 0 Å². The summed E-state index contributed by atoms with van der Waals surface area (Å²) >= 11 is 1.94. The number of para-hydroxylation sites is 3. The van der Waals surface area contributed by atoms with E-state index in [1.165, 1.54) is 86.4 Å². The van der Waals surface area contributed by atoms with Gasteiger partial charge in [0.15, 0.2) is 0 Å². The van der Waals surface area contributed by atoms with Crippen LogP contribution in [-0.2, 0) is 6.42 Å². The Morgan fingerprint density at radius 3 is 1.98 bits per heavy atom. The van der Waals surface area contributed by atoms with Crippen LogP contribution < -0.4 is 4.90 Å². The number of anilines is 2. The standard InChI is InChI=1S/C55H38N2S.C2H6/c1-2-14-41(19-10-17-40-18-11-28-52-53(40)49-21-7-9-27-51(49)58-52)56(42-33-29-38(30-34-42)37-15-4-3-5-16-37)43-35-31-39(32-36-43)44-22-12-24-47-48-25-13-23-46-45-20-6-8-26-50(45)57(54(44)47)55(46)48;1-2/h1,3-10,12-16,18-27,29-36H,11,17,28H2;1-2H3/b19-10-,41-14+;. The van der Waals surface area contributed by atoms with Crippen LogP contribution >= 0.6 is 11.3 Å². The second kappa shape index (κ2) is 15.9. The van der Waals surface area contributed by atoms with E-state index in [4.69, 9.17) is 6.42 Å². The molecule has 0 amide bonds. The monoisotopic (exact) mass is 788 g/mol. The maximum Gasteiger partial charge on any atom is 0.0620 e. The number of hydrogen-bond donors (Lipinski definition) is 0. The molecule has 10 aromatic rings. The van der Waals surface area contributed by atoms with E-state index in [0.717, 1.165) is 36.3 Å². The van der Waals surface area contributed by atoms with Gasteiger partial charge in [0.25, 0.3) is 0 Å². The molecule has 0 unspecified atom stereocenters. The SMILES string of the molecule is C#C/C=C(\C=C/CC1=CCCc2sc3ccccc3c21)N(c1ccc(-c2ccccc2)cc1)c1ccc(-c2cccc3c4cccc5c6ccccc6n(c23)c54)cc1.CC. The van der Waals surface area contributed by atoms with Crippen LogP contribution in [0.25, 0.3) is 76.0 Å². The molecule has 0 aliphatic heterocycles. The highest BCUT2D eigenvalue weighted by molar-refractivity contribution is 7.19. The highest BCUT2D eigenvalue weighted by Crippen LogP contribution is 2.44. The van der Waals surface area contributed by atoms with Gasteiger partial charge in [-0.3, -0.25) is 0 Å². The number of rotatable bonds is 8. The molecule has 3 heterocycles. The Bertz CT molecular complexity index is 3290. The van der Waals surface area contributed by atoms with Crippen LogP contribution in [0, 0.1) is 12.3 Å². The number of terminal acetylenes is 1. The molecule has 288 valence electrons. The van der Waals surface area contributed by atoms with Gasteiger partial charge in [0.1, 0.15) is 0 Å². The van der Waals surface area contributed by atoms with Crippen LogP contribution in [0.4, 0.5) is 11.4 Å². The molecule has 2 nitrogen and oxygen atoms in total. The molecule has 3 aromatic heterocycles. The smallest absolute Gasteiger partial charge is 0.0620 e. The maximum atomic E-state index is 6.10. The van der Waals surface area contributed by atoms with Crippen LogP contribution in [0.1, 0.15) is 37.1 Å². The maximum absolute atomic E-state index is 6.10. The van der Waals surface area contributed by atoms with E-state index < -0.39 is 0 Å². The molecule has 7 aromatic carbocycles. The minimum atomic E-state index is 0.832. The Morgan fingerprint density at radius 1 is 0.633 bits per heavy atom. The lowest BCUT2D eigenvalue weighted by molar-refractivity contribution is 0.998. The van der Waals surface area contributed by atoms with Gasteiger partial charge >= 0.3 is 0 Å². The third-order valence-electron chi connectivity index (χ3n) is 11.8. The van der Waals surface area contributed by atoms with E-state index >= 15 is 0 Å². The van der Waals surface area contributed by atoms with Crippen molar-refractivity contribution in [2.24, 2.45) is 0 Å². The van der Waals surface area contributed by atoms with Gasteiger partial charge in [0.05, 0.1) is 22.2 Å². The van der Waals surface area contributed by atoms with Crippen LogP contribution in [0.5, 0.6) is 0 Å². The minimum Gasteiger partial charge on any atom is -0.310 e. The van der Waals surface area contributed by atoms with E-state index in [9.17, 15) is 0 Å². The lowest BCUT2D eigenvalue weighted by Crippen LogP contribution is -2.15. The number of nitrogens with zero attached hydrogens (tertiary/aromatic N) is 2. The first kappa shape index (κ1) is 37.2.